The molecule has 0 saturated heterocycles. The molecular weight excluding hydrogens is 374 g/mol. The van der Waals surface area contributed by atoms with E-state index in [2.05, 4.69) is 15.9 Å². The van der Waals surface area contributed by atoms with Crippen molar-refractivity contribution in [2.24, 2.45) is 0 Å². The van der Waals surface area contributed by atoms with E-state index in [1.165, 1.54) is 4.31 Å². The first-order valence-corrected chi connectivity index (χ1v) is 9.06. The molecule has 0 fully saturated rings. The first-order chi connectivity index (χ1) is 9.95. The summed E-state index contributed by atoms with van der Waals surface area (Å²) >= 11 is 9.19. The Morgan fingerprint density at radius 2 is 1.71 bits per heavy atom. The van der Waals surface area contributed by atoms with Crippen LogP contribution in [-0.2, 0) is 22.4 Å². The molecule has 6 heteroatoms. The number of rotatable bonds is 5. The number of hydrogen-bond acceptors (Lipinski definition) is 2. The highest BCUT2D eigenvalue weighted by Crippen LogP contribution is 2.22. The number of nitrogens with zero attached hydrogens (tertiary/aromatic N) is 1. The molecule has 0 aliphatic rings. The van der Waals surface area contributed by atoms with E-state index in [0.29, 0.717) is 12.1 Å². The first-order valence-electron chi connectivity index (χ1n) is 6.30. The number of sulfonamides is 1. The predicted octanol–water partition coefficient (Wildman–Crippen LogP) is 4.01. The lowest BCUT2D eigenvalue weighted by Gasteiger charge is -2.19. The van der Waals surface area contributed by atoms with E-state index < -0.39 is 10.0 Å². The average Bonchev–Trinajstić information content (AvgIpc) is 2.49. The summed E-state index contributed by atoms with van der Waals surface area (Å²) in [5.74, 6) is 0.168. The maximum atomic E-state index is 12.6. The summed E-state index contributed by atoms with van der Waals surface area (Å²) < 4.78 is 27.6. The molecule has 2 aromatic rings. The summed E-state index contributed by atoms with van der Waals surface area (Å²) in [6.45, 7) is 0.312. The zero-order chi connectivity index (χ0) is 15.5. The third-order valence-electron chi connectivity index (χ3n) is 3.12. The van der Waals surface area contributed by atoms with Crippen LogP contribution in [0, 0.1) is 0 Å². The molecule has 0 saturated carbocycles. The topological polar surface area (TPSA) is 37.4 Å². The summed E-state index contributed by atoms with van der Waals surface area (Å²) in [6.07, 6.45) is 0. The van der Waals surface area contributed by atoms with Gasteiger partial charge in [0.2, 0.25) is 10.0 Å². The Balaban J connectivity index is 2.28. The summed E-state index contributed by atoms with van der Waals surface area (Å²) in [7, 11) is -1.98. The molecule has 0 aliphatic heterocycles. The Labute approximate surface area is 138 Å². The van der Waals surface area contributed by atoms with Crippen molar-refractivity contribution in [2.45, 2.75) is 17.3 Å². The molecule has 0 amide bonds. The molecule has 0 aliphatic carbocycles. The van der Waals surface area contributed by atoms with Crippen molar-refractivity contribution < 1.29 is 8.42 Å². The Morgan fingerprint density at radius 1 is 1.10 bits per heavy atom. The second kappa shape index (κ2) is 6.92. The molecule has 21 heavy (non-hydrogen) atoms. The highest BCUT2D eigenvalue weighted by molar-refractivity contribution is 9.10. The molecule has 0 heterocycles. The van der Waals surface area contributed by atoms with Crippen LogP contribution in [0.4, 0.5) is 0 Å². The minimum Gasteiger partial charge on any atom is -0.207 e. The number of benzene rings is 2. The molecule has 0 aromatic heterocycles. The van der Waals surface area contributed by atoms with Gasteiger partial charge in [-0.05, 0) is 29.3 Å². The maximum Gasteiger partial charge on any atom is 0.243 e. The van der Waals surface area contributed by atoms with Crippen molar-refractivity contribution in [1.82, 2.24) is 4.31 Å². The summed E-state index contributed by atoms with van der Waals surface area (Å²) in [5, 5.41) is 0. The molecule has 2 aromatic carbocycles. The molecule has 0 N–H and O–H groups in total. The van der Waals surface area contributed by atoms with Crippen molar-refractivity contribution in [3.8, 4) is 0 Å². The van der Waals surface area contributed by atoms with Crippen LogP contribution in [-0.4, -0.2) is 19.8 Å². The predicted molar refractivity (Wildman–Crippen MR) is 88.8 cm³/mol. The molecule has 0 atom stereocenters. The number of hydrogen-bond donors (Lipinski definition) is 0. The molecular formula is C15H15BrClNO2S. The van der Waals surface area contributed by atoms with E-state index in [1.807, 2.05) is 24.3 Å². The van der Waals surface area contributed by atoms with Gasteiger partial charge in [0, 0.05) is 23.9 Å². The van der Waals surface area contributed by atoms with Crippen molar-refractivity contribution >= 4 is 37.6 Å². The highest BCUT2D eigenvalue weighted by atomic mass is 79.9. The number of halogens is 2. The van der Waals surface area contributed by atoms with Crippen LogP contribution in [0.2, 0.25) is 0 Å². The third kappa shape index (κ3) is 3.86. The summed E-state index contributed by atoms with van der Waals surface area (Å²) in [6, 6.07) is 14.4. The average molecular weight is 389 g/mol. The molecule has 0 bridgehead atoms. The zero-order valence-electron chi connectivity index (χ0n) is 11.5. The molecule has 3 nitrogen and oxygen atoms in total. The minimum absolute atomic E-state index is 0.168. The SMILES string of the molecule is CN(Cc1ccc(Br)cc1)S(=O)(=O)c1ccccc1CCl. The molecule has 2 rings (SSSR count). The smallest absolute Gasteiger partial charge is 0.207 e. The van der Waals surface area contributed by atoms with Gasteiger partial charge in [0.25, 0.3) is 0 Å². The van der Waals surface area contributed by atoms with Crippen molar-refractivity contribution in [3.05, 3.63) is 64.1 Å². The molecule has 0 radical (unpaired) electrons. The van der Waals surface area contributed by atoms with Crippen LogP contribution in [0.25, 0.3) is 0 Å². The zero-order valence-corrected chi connectivity index (χ0v) is 14.6. The van der Waals surface area contributed by atoms with Gasteiger partial charge in [-0.1, -0.05) is 46.3 Å². The highest BCUT2D eigenvalue weighted by Gasteiger charge is 2.23. The Hall–Kier alpha value is -0.880. The van der Waals surface area contributed by atoms with Crippen LogP contribution in [0.5, 0.6) is 0 Å². The third-order valence-corrected chi connectivity index (χ3v) is 5.84. The molecule has 0 spiro atoms. The van der Waals surface area contributed by atoms with Crippen LogP contribution in [0.3, 0.4) is 0 Å². The molecule has 0 unspecified atom stereocenters. The lowest BCUT2D eigenvalue weighted by molar-refractivity contribution is 0.466. The minimum atomic E-state index is -3.55. The van der Waals surface area contributed by atoms with Gasteiger partial charge in [0.15, 0.2) is 0 Å². The summed E-state index contributed by atoms with van der Waals surface area (Å²) in [4.78, 5) is 0.264. The fourth-order valence-electron chi connectivity index (χ4n) is 1.97. The second-order valence-corrected chi connectivity index (χ2v) is 7.83. The van der Waals surface area contributed by atoms with E-state index >= 15 is 0 Å². The van der Waals surface area contributed by atoms with E-state index in [-0.39, 0.29) is 10.8 Å². The lowest BCUT2D eigenvalue weighted by atomic mass is 10.2. The van der Waals surface area contributed by atoms with E-state index in [1.54, 1.807) is 31.3 Å². The van der Waals surface area contributed by atoms with Gasteiger partial charge in [0.1, 0.15) is 0 Å². The maximum absolute atomic E-state index is 12.6. The van der Waals surface area contributed by atoms with Gasteiger partial charge >= 0.3 is 0 Å². The van der Waals surface area contributed by atoms with Crippen molar-refractivity contribution in [3.63, 3.8) is 0 Å². The lowest BCUT2D eigenvalue weighted by Crippen LogP contribution is -2.27. The van der Waals surface area contributed by atoms with E-state index in [4.69, 9.17) is 11.6 Å². The summed E-state index contributed by atoms with van der Waals surface area (Å²) in [5.41, 5.74) is 1.54. The largest absolute Gasteiger partial charge is 0.243 e. The first kappa shape index (κ1) is 16.5. The van der Waals surface area contributed by atoms with Crippen molar-refractivity contribution in [1.29, 1.82) is 0 Å². The molecule has 112 valence electrons. The van der Waals surface area contributed by atoms with Gasteiger partial charge in [-0.25, -0.2) is 8.42 Å². The van der Waals surface area contributed by atoms with Gasteiger partial charge < -0.3 is 0 Å². The van der Waals surface area contributed by atoms with Gasteiger partial charge in [-0.2, -0.15) is 4.31 Å². The van der Waals surface area contributed by atoms with E-state index in [0.717, 1.165) is 10.0 Å². The standard InChI is InChI=1S/C15H15BrClNO2S/c1-18(11-12-6-8-14(16)9-7-12)21(19,20)15-5-3-2-4-13(15)10-17/h2-9H,10-11H2,1H3. The van der Waals surface area contributed by atoms with Gasteiger partial charge in [-0.15, -0.1) is 11.6 Å². The monoisotopic (exact) mass is 387 g/mol. The van der Waals surface area contributed by atoms with Crippen LogP contribution in [0.15, 0.2) is 57.9 Å². The van der Waals surface area contributed by atoms with E-state index in [9.17, 15) is 8.42 Å². The van der Waals surface area contributed by atoms with Crippen LogP contribution < -0.4 is 0 Å². The fraction of sp³-hybridized carbons (Fsp3) is 0.200. The number of alkyl halides is 1. The Morgan fingerprint density at radius 3 is 2.33 bits per heavy atom. The van der Waals surface area contributed by atoms with Crippen LogP contribution >= 0.6 is 27.5 Å². The Bertz CT molecular complexity index is 717. The fourth-order valence-corrected chi connectivity index (χ4v) is 3.92. The van der Waals surface area contributed by atoms with Gasteiger partial charge in [0.05, 0.1) is 4.90 Å². The van der Waals surface area contributed by atoms with Crippen LogP contribution in [0.1, 0.15) is 11.1 Å². The van der Waals surface area contributed by atoms with Crippen molar-refractivity contribution in [2.75, 3.05) is 7.05 Å². The second-order valence-electron chi connectivity index (χ2n) is 4.63. The quantitative estimate of drug-likeness (QED) is 0.726. The Kier molecular flexibility index (Phi) is 5.43. The normalized spacial score (nSPS) is 11.8. The van der Waals surface area contributed by atoms with Gasteiger partial charge in [-0.3, -0.25) is 0 Å².